The number of rotatable bonds is 3. The van der Waals surface area contributed by atoms with Gasteiger partial charge in [0.2, 0.25) is 5.43 Å². The maximum atomic E-state index is 13.3. The van der Waals surface area contributed by atoms with Gasteiger partial charge < -0.3 is 9.47 Å². The van der Waals surface area contributed by atoms with E-state index in [1.54, 1.807) is 30.2 Å². The molecule has 0 unspecified atom stereocenters. The van der Waals surface area contributed by atoms with Crippen LogP contribution in [0, 0.1) is 13.8 Å². The van der Waals surface area contributed by atoms with Crippen LogP contribution in [0.1, 0.15) is 53.1 Å². The van der Waals surface area contributed by atoms with Gasteiger partial charge in [-0.25, -0.2) is 14.5 Å². The highest BCUT2D eigenvalue weighted by molar-refractivity contribution is 5.97. The fourth-order valence-corrected chi connectivity index (χ4v) is 4.66. The van der Waals surface area contributed by atoms with E-state index in [4.69, 9.17) is 0 Å². The maximum absolute atomic E-state index is 13.3. The van der Waals surface area contributed by atoms with E-state index in [0.29, 0.717) is 42.0 Å². The van der Waals surface area contributed by atoms with Gasteiger partial charge in [-0.15, -0.1) is 0 Å². The van der Waals surface area contributed by atoms with Gasteiger partial charge in [0, 0.05) is 61.0 Å². The molecule has 0 bridgehead atoms. The third kappa shape index (κ3) is 3.63. The molecule has 4 aromatic heterocycles. The molecule has 4 aromatic rings. The van der Waals surface area contributed by atoms with Crippen LogP contribution in [0.4, 0.5) is 0 Å². The van der Waals surface area contributed by atoms with Crippen molar-refractivity contribution in [2.24, 2.45) is 0 Å². The molecule has 0 spiro atoms. The number of nitrogens with zero attached hydrogens (tertiary/aromatic N) is 5. The quantitative estimate of drug-likeness (QED) is 0.520. The van der Waals surface area contributed by atoms with Gasteiger partial charge in [0.25, 0.3) is 11.5 Å². The Balaban J connectivity index is 1.39. The fourth-order valence-electron chi connectivity index (χ4n) is 4.66. The number of likely N-dealkylation sites (tertiary alicyclic amines) is 1. The van der Waals surface area contributed by atoms with Crippen LogP contribution in [0.3, 0.4) is 0 Å². The van der Waals surface area contributed by atoms with E-state index in [1.165, 1.54) is 10.6 Å². The smallest absolute Gasteiger partial charge is 0.272 e. The first-order chi connectivity index (χ1) is 15.9. The second kappa shape index (κ2) is 7.99. The Morgan fingerprint density at radius 1 is 1.09 bits per heavy atom. The third-order valence-corrected chi connectivity index (χ3v) is 6.45. The normalized spacial score (nSPS) is 14.9. The molecule has 0 aliphatic carbocycles. The molecule has 9 nitrogen and oxygen atoms in total. The number of aromatic nitrogens is 5. The molecule has 1 amide bonds. The predicted octanol–water partition coefficient (Wildman–Crippen LogP) is 2.39. The van der Waals surface area contributed by atoms with Crippen molar-refractivity contribution in [2.45, 2.75) is 46.1 Å². The third-order valence-electron chi connectivity index (χ3n) is 6.45. The van der Waals surface area contributed by atoms with Crippen molar-refractivity contribution in [3.8, 4) is 0 Å². The molecule has 33 heavy (non-hydrogen) atoms. The van der Waals surface area contributed by atoms with Gasteiger partial charge >= 0.3 is 0 Å². The number of carbonyl (C=O) groups is 1. The highest BCUT2D eigenvalue weighted by atomic mass is 16.2. The molecule has 1 aliphatic heterocycles. The monoisotopic (exact) mass is 446 g/mol. The molecule has 5 heterocycles. The second-order valence-corrected chi connectivity index (χ2v) is 8.69. The predicted molar refractivity (Wildman–Crippen MR) is 125 cm³/mol. The number of aromatic amines is 1. The minimum absolute atomic E-state index is 0.135. The Morgan fingerprint density at radius 2 is 1.85 bits per heavy atom. The minimum atomic E-state index is -0.272. The Bertz CT molecular complexity index is 1500. The van der Waals surface area contributed by atoms with Gasteiger partial charge in [-0.1, -0.05) is 0 Å². The second-order valence-electron chi connectivity index (χ2n) is 8.69. The van der Waals surface area contributed by atoms with Gasteiger partial charge in [-0.3, -0.25) is 19.5 Å². The summed E-state index contributed by atoms with van der Waals surface area (Å²) in [6.07, 6.45) is 3.12. The molecular weight excluding hydrogens is 420 g/mol. The summed E-state index contributed by atoms with van der Waals surface area (Å²) in [7, 11) is 0. The SMILES string of the molecule is CCn1cc(C(=O)N2CCC(c3cc4nc(C)cc(=O)n4[nH]3)CC2)c(=O)c2ccc(C)nc21. The summed E-state index contributed by atoms with van der Waals surface area (Å²) in [4.78, 5) is 49.2. The number of fused-ring (bicyclic) bond motifs is 2. The Morgan fingerprint density at radius 3 is 2.58 bits per heavy atom. The summed E-state index contributed by atoms with van der Waals surface area (Å²) in [6.45, 7) is 7.34. The first-order valence-corrected chi connectivity index (χ1v) is 11.2. The lowest BCUT2D eigenvalue weighted by molar-refractivity contribution is 0.0710. The van der Waals surface area contributed by atoms with Crippen LogP contribution in [0.5, 0.6) is 0 Å². The van der Waals surface area contributed by atoms with Crippen LogP contribution >= 0.6 is 0 Å². The van der Waals surface area contributed by atoms with E-state index in [-0.39, 0.29) is 28.4 Å². The van der Waals surface area contributed by atoms with Crippen molar-refractivity contribution < 1.29 is 4.79 Å². The molecule has 0 saturated carbocycles. The Kier molecular flexibility index (Phi) is 5.11. The number of piperidine rings is 1. The topological polar surface area (TPSA) is 105 Å². The lowest BCUT2D eigenvalue weighted by atomic mass is 9.93. The summed E-state index contributed by atoms with van der Waals surface area (Å²) < 4.78 is 3.32. The molecule has 1 fully saturated rings. The molecule has 1 aliphatic rings. The largest absolute Gasteiger partial charge is 0.338 e. The zero-order chi connectivity index (χ0) is 23.3. The van der Waals surface area contributed by atoms with Crippen LogP contribution in [-0.2, 0) is 6.54 Å². The van der Waals surface area contributed by atoms with E-state index in [9.17, 15) is 14.4 Å². The van der Waals surface area contributed by atoms with Crippen LogP contribution in [0.2, 0.25) is 0 Å². The molecule has 0 aromatic carbocycles. The van der Waals surface area contributed by atoms with Crippen molar-refractivity contribution >= 4 is 22.6 Å². The van der Waals surface area contributed by atoms with Crippen LogP contribution in [0.15, 0.2) is 40.1 Å². The number of hydrogen-bond donors (Lipinski definition) is 1. The number of hydrogen-bond acceptors (Lipinski definition) is 5. The van der Waals surface area contributed by atoms with E-state index < -0.39 is 0 Å². The lowest BCUT2D eigenvalue weighted by Crippen LogP contribution is -2.40. The Hall–Kier alpha value is -3.75. The molecule has 0 atom stereocenters. The highest BCUT2D eigenvalue weighted by Gasteiger charge is 2.28. The lowest BCUT2D eigenvalue weighted by Gasteiger charge is -2.31. The van der Waals surface area contributed by atoms with Crippen LogP contribution in [-0.4, -0.2) is 48.0 Å². The van der Waals surface area contributed by atoms with Crippen molar-refractivity contribution in [3.05, 3.63) is 73.7 Å². The van der Waals surface area contributed by atoms with E-state index >= 15 is 0 Å². The van der Waals surface area contributed by atoms with Crippen molar-refractivity contribution in [3.63, 3.8) is 0 Å². The van der Waals surface area contributed by atoms with Gasteiger partial charge in [-0.2, -0.15) is 0 Å². The summed E-state index contributed by atoms with van der Waals surface area (Å²) in [6, 6.07) is 6.96. The van der Waals surface area contributed by atoms with Gasteiger partial charge in [0.1, 0.15) is 11.2 Å². The number of H-pyrrole nitrogens is 1. The zero-order valence-corrected chi connectivity index (χ0v) is 19.0. The molecular formula is C24H26N6O3. The minimum Gasteiger partial charge on any atom is -0.338 e. The van der Waals surface area contributed by atoms with Crippen LogP contribution in [0.25, 0.3) is 16.7 Å². The van der Waals surface area contributed by atoms with Crippen LogP contribution < -0.4 is 11.0 Å². The summed E-state index contributed by atoms with van der Waals surface area (Å²) in [5, 5.41) is 3.63. The molecule has 0 radical (unpaired) electrons. The number of amides is 1. The fraction of sp³-hybridized carbons (Fsp3) is 0.375. The molecule has 1 saturated heterocycles. The number of aryl methyl sites for hydroxylation is 3. The first kappa shape index (κ1) is 21.1. The number of carbonyl (C=O) groups excluding carboxylic acids is 1. The molecule has 170 valence electrons. The van der Waals surface area contributed by atoms with E-state index in [0.717, 1.165) is 24.2 Å². The van der Waals surface area contributed by atoms with Crippen molar-refractivity contribution in [1.29, 1.82) is 0 Å². The van der Waals surface area contributed by atoms with E-state index in [2.05, 4.69) is 15.1 Å². The first-order valence-electron chi connectivity index (χ1n) is 11.2. The average Bonchev–Trinajstić information content (AvgIpc) is 3.23. The highest BCUT2D eigenvalue weighted by Crippen LogP contribution is 2.28. The summed E-state index contributed by atoms with van der Waals surface area (Å²) >= 11 is 0. The number of pyridine rings is 2. The zero-order valence-electron chi connectivity index (χ0n) is 19.0. The van der Waals surface area contributed by atoms with Crippen molar-refractivity contribution in [2.75, 3.05) is 13.1 Å². The summed E-state index contributed by atoms with van der Waals surface area (Å²) in [5.41, 5.74) is 3.45. The molecule has 9 heteroatoms. The van der Waals surface area contributed by atoms with E-state index in [1.807, 2.05) is 24.5 Å². The van der Waals surface area contributed by atoms with Gasteiger partial charge in [0.05, 0.1) is 5.39 Å². The molecule has 5 rings (SSSR count). The summed E-state index contributed by atoms with van der Waals surface area (Å²) in [5.74, 6) is -0.0557. The van der Waals surface area contributed by atoms with Gasteiger partial charge in [-0.05, 0) is 45.7 Å². The molecule has 1 N–H and O–H groups in total. The van der Waals surface area contributed by atoms with Crippen molar-refractivity contribution in [1.82, 2.24) is 29.0 Å². The standard InChI is InChI=1S/C24H26N6O3/c1-4-28-13-18(22(32)17-6-5-14(2)26-23(17)28)24(33)29-9-7-16(8-10-29)19-12-20-25-15(3)11-21(31)30(20)27-19/h5-6,11-13,16,27H,4,7-10H2,1-3H3. The Labute approximate surface area is 189 Å². The maximum Gasteiger partial charge on any atom is 0.272 e. The van der Waals surface area contributed by atoms with Gasteiger partial charge in [0.15, 0.2) is 5.65 Å². The number of nitrogens with one attached hydrogen (secondary N) is 1. The average molecular weight is 447 g/mol.